The van der Waals surface area contributed by atoms with Gasteiger partial charge in [0, 0.05) is 25.3 Å². The van der Waals surface area contributed by atoms with Crippen molar-refractivity contribution in [3.8, 4) is 5.75 Å². The third-order valence-corrected chi connectivity index (χ3v) is 3.37. The zero-order valence-corrected chi connectivity index (χ0v) is 11.3. The molecule has 0 spiro atoms. The molecular weight excluding hydrogens is 262 g/mol. The Kier molecular flexibility index (Phi) is 4.68. The number of carbonyl (C=O) groups is 1. The number of ketones is 1. The maximum Gasteiger partial charge on any atom is 0.270 e. The fourth-order valence-corrected chi connectivity index (χ4v) is 2.15. The molecule has 0 aromatic heterocycles. The minimum atomic E-state index is -0.519. The van der Waals surface area contributed by atoms with Crippen molar-refractivity contribution in [2.45, 2.75) is 19.8 Å². The summed E-state index contributed by atoms with van der Waals surface area (Å²) in [6, 6.07) is 4.11. The SMILES string of the molecule is CC(=O)c1cc([N+](=O)[O-])ccc1OCC1CCOCC1. The minimum absolute atomic E-state index is 0.103. The molecule has 0 unspecified atom stereocenters. The Balaban J connectivity index is 2.09. The molecule has 1 saturated heterocycles. The highest BCUT2D eigenvalue weighted by atomic mass is 16.6. The van der Waals surface area contributed by atoms with Crippen LogP contribution in [0.25, 0.3) is 0 Å². The summed E-state index contributed by atoms with van der Waals surface area (Å²) in [5.41, 5.74) is 0.153. The molecule has 20 heavy (non-hydrogen) atoms. The van der Waals surface area contributed by atoms with E-state index in [1.54, 1.807) is 0 Å². The molecule has 2 rings (SSSR count). The molecule has 1 aromatic carbocycles. The van der Waals surface area contributed by atoms with E-state index in [1.165, 1.54) is 25.1 Å². The van der Waals surface area contributed by atoms with Crippen molar-refractivity contribution in [1.29, 1.82) is 0 Å². The number of hydrogen-bond acceptors (Lipinski definition) is 5. The van der Waals surface area contributed by atoms with Gasteiger partial charge in [0.1, 0.15) is 5.75 Å². The Morgan fingerprint density at radius 1 is 1.45 bits per heavy atom. The highest BCUT2D eigenvalue weighted by molar-refractivity contribution is 5.97. The number of carbonyl (C=O) groups excluding carboxylic acids is 1. The third-order valence-electron chi connectivity index (χ3n) is 3.37. The quantitative estimate of drug-likeness (QED) is 0.470. The lowest BCUT2D eigenvalue weighted by atomic mass is 10.0. The van der Waals surface area contributed by atoms with Gasteiger partial charge in [-0.1, -0.05) is 0 Å². The van der Waals surface area contributed by atoms with Gasteiger partial charge in [-0.3, -0.25) is 14.9 Å². The van der Waals surface area contributed by atoms with Crippen LogP contribution in [0.4, 0.5) is 5.69 Å². The number of nitro groups is 1. The van der Waals surface area contributed by atoms with Gasteiger partial charge < -0.3 is 9.47 Å². The molecule has 108 valence electrons. The second-order valence-corrected chi connectivity index (χ2v) is 4.86. The van der Waals surface area contributed by atoms with Crippen LogP contribution in [-0.2, 0) is 4.74 Å². The average molecular weight is 279 g/mol. The Labute approximate surface area is 116 Å². The van der Waals surface area contributed by atoms with Gasteiger partial charge in [-0.05, 0) is 31.7 Å². The van der Waals surface area contributed by atoms with Crippen LogP contribution >= 0.6 is 0 Å². The highest BCUT2D eigenvalue weighted by Crippen LogP contribution is 2.26. The summed E-state index contributed by atoms with van der Waals surface area (Å²) in [4.78, 5) is 21.8. The molecular formula is C14H17NO5. The molecule has 6 heteroatoms. The Hall–Kier alpha value is -1.95. The van der Waals surface area contributed by atoms with E-state index < -0.39 is 4.92 Å². The molecule has 1 aromatic rings. The predicted molar refractivity (Wildman–Crippen MR) is 72.1 cm³/mol. The van der Waals surface area contributed by atoms with Gasteiger partial charge in [0.05, 0.1) is 17.1 Å². The lowest BCUT2D eigenvalue weighted by Crippen LogP contribution is -2.21. The smallest absolute Gasteiger partial charge is 0.270 e. The molecule has 0 bridgehead atoms. The standard InChI is InChI=1S/C14H17NO5/c1-10(16)13-8-12(15(17)18)2-3-14(13)20-9-11-4-6-19-7-5-11/h2-3,8,11H,4-7,9H2,1H3. The normalized spacial score (nSPS) is 15.8. The number of nitro benzene ring substituents is 1. The van der Waals surface area contributed by atoms with Gasteiger partial charge in [-0.2, -0.15) is 0 Å². The van der Waals surface area contributed by atoms with Gasteiger partial charge in [-0.25, -0.2) is 0 Å². The average Bonchev–Trinajstić information content (AvgIpc) is 2.45. The first-order valence-electron chi connectivity index (χ1n) is 6.58. The first-order valence-corrected chi connectivity index (χ1v) is 6.58. The van der Waals surface area contributed by atoms with Crippen molar-refractivity contribution in [3.63, 3.8) is 0 Å². The molecule has 0 atom stereocenters. The van der Waals surface area contributed by atoms with Crippen molar-refractivity contribution in [3.05, 3.63) is 33.9 Å². The molecule has 0 saturated carbocycles. The first-order chi connectivity index (χ1) is 9.58. The molecule has 1 aliphatic heterocycles. The monoisotopic (exact) mass is 279 g/mol. The highest BCUT2D eigenvalue weighted by Gasteiger charge is 2.18. The van der Waals surface area contributed by atoms with Gasteiger partial charge in [-0.15, -0.1) is 0 Å². The second kappa shape index (κ2) is 6.47. The number of rotatable bonds is 5. The summed E-state index contributed by atoms with van der Waals surface area (Å²) in [5.74, 6) is 0.573. The van der Waals surface area contributed by atoms with Crippen LogP contribution in [0.1, 0.15) is 30.1 Å². The zero-order valence-electron chi connectivity index (χ0n) is 11.3. The first kappa shape index (κ1) is 14.5. The minimum Gasteiger partial charge on any atom is -0.493 e. The van der Waals surface area contributed by atoms with Crippen LogP contribution < -0.4 is 4.74 Å². The summed E-state index contributed by atoms with van der Waals surface area (Å²) in [5, 5.41) is 10.7. The van der Waals surface area contributed by atoms with E-state index in [0.717, 1.165) is 26.1 Å². The fraction of sp³-hybridized carbons (Fsp3) is 0.500. The number of ether oxygens (including phenoxy) is 2. The van der Waals surface area contributed by atoms with Crippen molar-refractivity contribution in [2.75, 3.05) is 19.8 Å². The van der Waals surface area contributed by atoms with Crippen molar-refractivity contribution < 1.29 is 19.2 Å². The summed E-state index contributed by atoms with van der Waals surface area (Å²) < 4.78 is 10.9. The second-order valence-electron chi connectivity index (χ2n) is 4.86. The lowest BCUT2D eigenvalue weighted by Gasteiger charge is -2.22. The van der Waals surface area contributed by atoms with E-state index in [9.17, 15) is 14.9 Å². The molecule has 0 amide bonds. The fourth-order valence-electron chi connectivity index (χ4n) is 2.15. The number of non-ortho nitro benzene ring substituents is 1. The molecule has 0 radical (unpaired) electrons. The van der Waals surface area contributed by atoms with Crippen molar-refractivity contribution in [1.82, 2.24) is 0 Å². The summed E-state index contributed by atoms with van der Waals surface area (Å²) >= 11 is 0. The molecule has 1 aliphatic rings. The van der Waals surface area contributed by atoms with E-state index in [1.807, 2.05) is 0 Å². The Bertz CT molecular complexity index is 508. The van der Waals surface area contributed by atoms with Gasteiger partial charge in [0.2, 0.25) is 0 Å². The number of Topliss-reactive ketones (excluding diaryl/α,β-unsaturated/α-hetero) is 1. The van der Waals surface area contributed by atoms with E-state index in [4.69, 9.17) is 9.47 Å². The van der Waals surface area contributed by atoms with Crippen LogP contribution in [0.15, 0.2) is 18.2 Å². The number of nitrogens with zero attached hydrogens (tertiary/aromatic N) is 1. The molecule has 0 aliphatic carbocycles. The topological polar surface area (TPSA) is 78.7 Å². The number of hydrogen-bond donors (Lipinski definition) is 0. The lowest BCUT2D eigenvalue weighted by molar-refractivity contribution is -0.384. The van der Waals surface area contributed by atoms with Gasteiger partial charge in [0.15, 0.2) is 5.78 Å². The Morgan fingerprint density at radius 3 is 2.75 bits per heavy atom. The van der Waals surface area contributed by atoms with Crippen LogP contribution in [0, 0.1) is 16.0 Å². The van der Waals surface area contributed by atoms with Crippen LogP contribution in [-0.4, -0.2) is 30.5 Å². The molecule has 6 nitrogen and oxygen atoms in total. The largest absolute Gasteiger partial charge is 0.493 e. The van der Waals surface area contributed by atoms with E-state index >= 15 is 0 Å². The molecule has 1 heterocycles. The summed E-state index contributed by atoms with van der Waals surface area (Å²) in [7, 11) is 0. The van der Waals surface area contributed by atoms with Crippen LogP contribution in [0.3, 0.4) is 0 Å². The third kappa shape index (κ3) is 3.54. The van der Waals surface area contributed by atoms with E-state index in [-0.39, 0.29) is 17.0 Å². The van der Waals surface area contributed by atoms with E-state index in [0.29, 0.717) is 18.3 Å². The van der Waals surface area contributed by atoms with Crippen LogP contribution in [0.2, 0.25) is 0 Å². The summed E-state index contributed by atoms with van der Waals surface area (Å²) in [6.45, 7) is 3.34. The van der Waals surface area contributed by atoms with E-state index in [2.05, 4.69) is 0 Å². The zero-order chi connectivity index (χ0) is 14.5. The number of benzene rings is 1. The summed E-state index contributed by atoms with van der Waals surface area (Å²) in [6.07, 6.45) is 1.87. The predicted octanol–water partition coefficient (Wildman–Crippen LogP) is 2.60. The Morgan fingerprint density at radius 2 is 2.15 bits per heavy atom. The maximum atomic E-state index is 11.6. The van der Waals surface area contributed by atoms with Crippen molar-refractivity contribution >= 4 is 11.5 Å². The van der Waals surface area contributed by atoms with Crippen molar-refractivity contribution in [2.24, 2.45) is 5.92 Å². The van der Waals surface area contributed by atoms with Gasteiger partial charge in [0.25, 0.3) is 5.69 Å². The maximum absolute atomic E-state index is 11.6. The van der Waals surface area contributed by atoms with Gasteiger partial charge >= 0.3 is 0 Å². The molecule has 1 fully saturated rings. The van der Waals surface area contributed by atoms with Crippen LogP contribution in [0.5, 0.6) is 5.75 Å². The molecule has 0 N–H and O–H groups in total.